The SMILES string of the molecule is CC1([C@H]2CC[C@H]3[C@@H]4CC=C5CC[C@@](C)(O)CC[C@]5(C)[C@H]4CC[C@]23C)OCCO1. The van der Waals surface area contributed by atoms with Gasteiger partial charge in [-0.3, -0.25) is 0 Å². The molecule has 4 fully saturated rings. The van der Waals surface area contributed by atoms with E-state index in [9.17, 15) is 5.11 Å². The van der Waals surface area contributed by atoms with E-state index in [1.165, 1.54) is 32.1 Å². The predicted octanol–water partition coefficient (Wildman–Crippen LogP) is 5.47. The second-order valence-electron chi connectivity index (χ2n) is 11.6. The molecule has 5 aliphatic rings. The molecule has 4 aliphatic carbocycles. The van der Waals surface area contributed by atoms with Gasteiger partial charge in [0.25, 0.3) is 0 Å². The number of aliphatic hydroxyl groups is 1. The predicted molar refractivity (Wildman–Crippen MR) is 111 cm³/mol. The monoisotopic (exact) mass is 388 g/mol. The summed E-state index contributed by atoms with van der Waals surface area (Å²) in [6.07, 6.45) is 13.2. The lowest BCUT2D eigenvalue weighted by molar-refractivity contribution is -0.214. The molecule has 0 aromatic carbocycles. The maximum Gasteiger partial charge on any atom is 0.169 e. The lowest BCUT2D eigenvalue weighted by Gasteiger charge is -2.57. The summed E-state index contributed by atoms with van der Waals surface area (Å²) in [6.45, 7) is 10.9. The summed E-state index contributed by atoms with van der Waals surface area (Å²) in [6, 6.07) is 0. The third-order valence-corrected chi connectivity index (χ3v) is 10.2. The molecular weight excluding hydrogens is 348 g/mol. The lowest BCUT2D eigenvalue weighted by atomic mass is 9.48. The average Bonchev–Trinajstić information content (AvgIpc) is 3.20. The molecule has 1 saturated heterocycles. The van der Waals surface area contributed by atoms with Gasteiger partial charge in [-0.15, -0.1) is 0 Å². The summed E-state index contributed by atoms with van der Waals surface area (Å²) in [5, 5.41) is 10.7. The summed E-state index contributed by atoms with van der Waals surface area (Å²) in [5.74, 6) is 2.54. The van der Waals surface area contributed by atoms with E-state index < -0.39 is 5.60 Å². The van der Waals surface area contributed by atoms with E-state index in [4.69, 9.17) is 9.47 Å². The van der Waals surface area contributed by atoms with Crippen molar-refractivity contribution in [3.63, 3.8) is 0 Å². The Bertz CT molecular complexity index is 661. The highest BCUT2D eigenvalue weighted by Gasteiger charge is 2.62. The molecule has 1 N–H and O–H groups in total. The average molecular weight is 389 g/mol. The summed E-state index contributed by atoms with van der Waals surface area (Å²) < 4.78 is 12.3. The molecule has 3 heteroatoms. The minimum Gasteiger partial charge on any atom is -0.390 e. The zero-order chi connectivity index (χ0) is 19.8. The van der Waals surface area contributed by atoms with E-state index in [1.54, 1.807) is 5.57 Å². The number of hydrogen-bond donors (Lipinski definition) is 1. The first kappa shape index (κ1) is 19.6. The molecule has 0 bridgehead atoms. The Morgan fingerprint density at radius 1 is 0.893 bits per heavy atom. The van der Waals surface area contributed by atoms with Crippen LogP contribution in [0.1, 0.15) is 85.5 Å². The van der Waals surface area contributed by atoms with Gasteiger partial charge < -0.3 is 14.6 Å². The topological polar surface area (TPSA) is 38.7 Å². The Kier molecular flexibility index (Phi) is 4.41. The van der Waals surface area contributed by atoms with Gasteiger partial charge in [0.05, 0.1) is 18.8 Å². The van der Waals surface area contributed by atoms with Crippen LogP contribution in [0.3, 0.4) is 0 Å². The number of ether oxygens (including phenoxy) is 2. The first-order chi connectivity index (χ1) is 13.2. The van der Waals surface area contributed by atoms with E-state index in [1.807, 2.05) is 6.92 Å². The van der Waals surface area contributed by atoms with Crippen molar-refractivity contribution in [3.8, 4) is 0 Å². The van der Waals surface area contributed by atoms with Crippen LogP contribution < -0.4 is 0 Å². The number of rotatable bonds is 1. The number of fused-ring (bicyclic) bond motifs is 5. The van der Waals surface area contributed by atoms with Gasteiger partial charge in [-0.05, 0) is 100 Å². The van der Waals surface area contributed by atoms with Gasteiger partial charge >= 0.3 is 0 Å². The normalized spacial score (nSPS) is 53.0. The van der Waals surface area contributed by atoms with Crippen molar-refractivity contribution in [1.82, 2.24) is 0 Å². The van der Waals surface area contributed by atoms with E-state index in [-0.39, 0.29) is 5.79 Å². The molecule has 0 unspecified atom stereocenters. The van der Waals surface area contributed by atoms with Gasteiger partial charge in [0.15, 0.2) is 5.79 Å². The van der Waals surface area contributed by atoms with Gasteiger partial charge in [-0.25, -0.2) is 0 Å². The number of allylic oxidation sites excluding steroid dienone is 2. The fourth-order valence-corrected chi connectivity index (χ4v) is 8.54. The standard InChI is InChI=1S/C25H40O3/c1-22(26)11-9-17-5-6-18-19-7-8-21(25(4)27-15-16-28-25)24(19,3)12-10-20(18)23(17,2)14-13-22/h5,18-21,26H,6-16H2,1-4H3/t18-,19-,20-,21-,22+,23-,24-/m0/s1. The van der Waals surface area contributed by atoms with Crippen molar-refractivity contribution in [2.45, 2.75) is 96.9 Å². The van der Waals surface area contributed by atoms with Crippen molar-refractivity contribution in [3.05, 3.63) is 11.6 Å². The van der Waals surface area contributed by atoms with Gasteiger partial charge in [0, 0.05) is 5.92 Å². The third-order valence-electron chi connectivity index (χ3n) is 10.2. The first-order valence-corrected chi connectivity index (χ1v) is 11.9. The third kappa shape index (κ3) is 2.72. The second-order valence-corrected chi connectivity index (χ2v) is 11.6. The Labute approximate surface area is 171 Å². The molecule has 1 aliphatic heterocycles. The van der Waals surface area contributed by atoms with E-state index >= 15 is 0 Å². The molecule has 5 rings (SSSR count). The van der Waals surface area contributed by atoms with Gasteiger partial charge in [-0.2, -0.15) is 0 Å². The Morgan fingerprint density at radius 3 is 2.39 bits per heavy atom. The summed E-state index contributed by atoms with van der Waals surface area (Å²) in [7, 11) is 0. The van der Waals surface area contributed by atoms with E-state index in [0.717, 1.165) is 56.7 Å². The van der Waals surface area contributed by atoms with Crippen LogP contribution in [0.2, 0.25) is 0 Å². The first-order valence-electron chi connectivity index (χ1n) is 11.9. The van der Waals surface area contributed by atoms with Gasteiger partial charge in [-0.1, -0.05) is 25.5 Å². The molecule has 28 heavy (non-hydrogen) atoms. The molecule has 1 heterocycles. The van der Waals surface area contributed by atoms with Crippen LogP contribution >= 0.6 is 0 Å². The smallest absolute Gasteiger partial charge is 0.169 e. The fraction of sp³-hybridized carbons (Fsp3) is 0.920. The molecule has 0 aromatic heterocycles. The largest absolute Gasteiger partial charge is 0.390 e. The summed E-state index contributed by atoms with van der Waals surface area (Å²) in [4.78, 5) is 0. The molecule has 0 radical (unpaired) electrons. The Morgan fingerprint density at radius 2 is 1.64 bits per heavy atom. The van der Waals surface area contributed by atoms with Crippen LogP contribution in [0.4, 0.5) is 0 Å². The summed E-state index contributed by atoms with van der Waals surface area (Å²) in [5.41, 5.74) is 1.83. The number of hydrogen-bond acceptors (Lipinski definition) is 3. The minimum atomic E-state index is -0.482. The molecule has 7 atom stereocenters. The van der Waals surface area contributed by atoms with Crippen LogP contribution in [0.5, 0.6) is 0 Å². The quantitative estimate of drug-likeness (QED) is 0.605. The molecule has 3 saturated carbocycles. The van der Waals surface area contributed by atoms with Crippen molar-refractivity contribution in [1.29, 1.82) is 0 Å². The maximum atomic E-state index is 10.7. The van der Waals surface area contributed by atoms with Crippen LogP contribution in [0, 0.1) is 34.5 Å². The van der Waals surface area contributed by atoms with E-state index in [2.05, 4.69) is 26.8 Å². The molecule has 3 nitrogen and oxygen atoms in total. The highest BCUT2D eigenvalue weighted by molar-refractivity contribution is 5.24. The zero-order valence-corrected chi connectivity index (χ0v) is 18.4. The highest BCUT2D eigenvalue weighted by Crippen LogP contribution is 2.68. The van der Waals surface area contributed by atoms with Crippen molar-refractivity contribution < 1.29 is 14.6 Å². The van der Waals surface area contributed by atoms with Crippen molar-refractivity contribution in [2.75, 3.05) is 13.2 Å². The van der Waals surface area contributed by atoms with Crippen molar-refractivity contribution in [2.24, 2.45) is 34.5 Å². The van der Waals surface area contributed by atoms with Crippen LogP contribution in [-0.4, -0.2) is 29.7 Å². The zero-order valence-electron chi connectivity index (χ0n) is 18.4. The van der Waals surface area contributed by atoms with Crippen LogP contribution in [-0.2, 0) is 9.47 Å². The maximum absolute atomic E-state index is 10.7. The fourth-order valence-electron chi connectivity index (χ4n) is 8.54. The molecule has 158 valence electrons. The van der Waals surface area contributed by atoms with Crippen LogP contribution in [0.25, 0.3) is 0 Å². The van der Waals surface area contributed by atoms with Crippen LogP contribution in [0.15, 0.2) is 11.6 Å². The lowest BCUT2D eigenvalue weighted by Crippen LogP contribution is -2.52. The molecular formula is C25H40O3. The van der Waals surface area contributed by atoms with Gasteiger partial charge in [0.1, 0.15) is 0 Å². The minimum absolute atomic E-state index is 0.299. The Hall–Kier alpha value is -0.380. The Balaban J connectivity index is 1.44. The second kappa shape index (κ2) is 6.31. The molecule has 0 aromatic rings. The van der Waals surface area contributed by atoms with E-state index in [0.29, 0.717) is 16.7 Å². The highest BCUT2D eigenvalue weighted by atomic mass is 16.7. The van der Waals surface area contributed by atoms with Gasteiger partial charge in [0.2, 0.25) is 0 Å². The summed E-state index contributed by atoms with van der Waals surface area (Å²) >= 11 is 0. The molecule has 0 spiro atoms. The molecule has 0 amide bonds. The van der Waals surface area contributed by atoms with Crippen molar-refractivity contribution >= 4 is 0 Å².